The van der Waals surface area contributed by atoms with Crippen LogP contribution in [0.1, 0.15) is 25.3 Å². The van der Waals surface area contributed by atoms with Gasteiger partial charge in [0.05, 0.1) is 0 Å². The number of rotatable bonds is 5. The summed E-state index contributed by atoms with van der Waals surface area (Å²) in [6, 6.07) is 7.54. The van der Waals surface area contributed by atoms with Crippen molar-refractivity contribution in [2.45, 2.75) is 32.7 Å². The first-order chi connectivity index (χ1) is 9.52. The van der Waals surface area contributed by atoms with Crippen molar-refractivity contribution < 1.29 is 14.7 Å². The van der Waals surface area contributed by atoms with Crippen LogP contribution in [0.3, 0.4) is 0 Å². The first-order valence-electron chi connectivity index (χ1n) is 6.89. The maximum absolute atomic E-state index is 12.6. The summed E-state index contributed by atoms with van der Waals surface area (Å²) in [4.78, 5) is 26.6. The second-order valence-corrected chi connectivity index (χ2v) is 5.12. The van der Waals surface area contributed by atoms with E-state index in [1.165, 1.54) is 4.90 Å². The van der Waals surface area contributed by atoms with Crippen molar-refractivity contribution in [2.24, 2.45) is 0 Å². The number of hydrogen-bond acceptors (Lipinski definition) is 2. The first kappa shape index (κ1) is 14.4. The van der Waals surface area contributed by atoms with Gasteiger partial charge in [0.25, 0.3) is 0 Å². The number of urea groups is 1. The van der Waals surface area contributed by atoms with E-state index in [2.05, 4.69) is 0 Å². The molecule has 0 aliphatic heterocycles. The average molecular weight is 276 g/mol. The Bertz CT molecular complexity index is 494. The van der Waals surface area contributed by atoms with E-state index >= 15 is 0 Å². The van der Waals surface area contributed by atoms with Crippen LogP contribution in [0.15, 0.2) is 24.3 Å². The summed E-state index contributed by atoms with van der Waals surface area (Å²) in [6.07, 6.45) is 1.79. The molecule has 1 fully saturated rings. The number of benzene rings is 1. The number of carboxylic acids is 1. The van der Waals surface area contributed by atoms with Gasteiger partial charge in [-0.2, -0.15) is 0 Å². The Morgan fingerprint density at radius 1 is 1.25 bits per heavy atom. The summed E-state index contributed by atoms with van der Waals surface area (Å²) in [5.41, 5.74) is 1.93. The van der Waals surface area contributed by atoms with E-state index in [9.17, 15) is 9.59 Å². The highest BCUT2D eigenvalue weighted by Crippen LogP contribution is 2.28. The minimum absolute atomic E-state index is 0.0816. The molecule has 20 heavy (non-hydrogen) atoms. The van der Waals surface area contributed by atoms with Gasteiger partial charge in [-0.05, 0) is 38.8 Å². The number of amides is 2. The highest BCUT2D eigenvalue weighted by molar-refractivity contribution is 5.94. The maximum atomic E-state index is 12.6. The summed E-state index contributed by atoms with van der Waals surface area (Å²) < 4.78 is 0. The minimum Gasteiger partial charge on any atom is -0.480 e. The van der Waals surface area contributed by atoms with Crippen LogP contribution in [-0.4, -0.2) is 41.1 Å². The van der Waals surface area contributed by atoms with Gasteiger partial charge in [0, 0.05) is 18.3 Å². The van der Waals surface area contributed by atoms with Crippen LogP contribution in [0, 0.1) is 6.92 Å². The number of carboxylic acid groups (broad SMARTS) is 1. The number of hydrogen-bond donors (Lipinski definition) is 1. The van der Waals surface area contributed by atoms with E-state index in [0.717, 1.165) is 24.1 Å². The number of aliphatic carboxylic acids is 1. The van der Waals surface area contributed by atoms with E-state index in [-0.39, 0.29) is 18.6 Å². The molecule has 0 unspecified atom stereocenters. The van der Waals surface area contributed by atoms with Crippen molar-refractivity contribution in [1.29, 1.82) is 0 Å². The van der Waals surface area contributed by atoms with Crippen molar-refractivity contribution in [3.05, 3.63) is 29.8 Å². The highest BCUT2D eigenvalue weighted by atomic mass is 16.4. The Balaban J connectivity index is 2.18. The molecule has 0 atom stereocenters. The molecule has 108 valence electrons. The van der Waals surface area contributed by atoms with Gasteiger partial charge < -0.3 is 10.0 Å². The summed E-state index contributed by atoms with van der Waals surface area (Å²) in [5, 5.41) is 8.96. The van der Waals surface area contributed by atoms with E-state index in [0.29, 0.717) is 6.54 Å². The Kier molecular flexibility index (Phi) is 4.27. The predicted octanol–water partition coefficient (Wildman–Crippen LogP) is 2.49. The molecule has 0 bridgehead atoms. The standard InChI is InChI=1S/C15H20N2O3/c1-3-16(12-6-4-11(2)5-7-12)15(20)17(10-14(18)19)13-8-9-13/h4-7,13H,3,8-10H2,1-2H3,(H,18,19). The molecule has 2 rings (SSSR count). The summed E-state index contributed by atoms with van der Waals surface area (Å²) >= 11 is 0. The molecule has 0 saturated heterocycles. The SMILES string of the molecule is CCN(C(=O)N(CC(=O)O)C1CC1)c1ccc(C)cc1. The Hall–Kier alpha value is -2.04. The average Bonchev–Trinajstić information content (AvgIpc) is 3.23. The first-order valence-corrected chi connectivity index (χ1v) is 6.89. The van der Waals surface area contributed by atoms with Crippen molar-refractivity contribution in [3.8, 4) is 0 Å². The van der Waals surface area contributed by atoms with Crippen molar-refractivity contribution in [1.82, 2.24) is 4.90 Å². The second kappa shape index (κ2) is 5.94. The Labute approximate surface area is 118 Å². The van der Waals surface area contributed by atoms with Crippen LogP contribution < -0.4 is 4.90 Å². The quantitative estimate of drug-likeness (QED) is 0.898. The van der Waals surface area contributed by atoms with Gasteiger partial charge in [0.2, 0.25) is 0 Å². The van der Waals surface area contributed by atoms with Gasteiger partial charge in [-0.3, -0.25) is 9.69 Å². The molecule has 0 aromatic heterocycles. The van der Waals surface area contributed by atoms with Crippen molar-refractivity contribution in [3.63, 3.8) is 0 Å². The summed E-state index contributed by atoms with van der Waals surface area (Å²) in [5.74, 6) is -0.967. The van der Waals surface area contributed by atoms with E-state index < -0.39 is 5.97 Å². The van der Waals surface area contributed by atoms with Gasteiger partial charge >= 0.3 is 12.0 Å². The zero-order valence-electron chi connectivity index (χ0n) is 11.9. The summed E-state index contributed by atoms with van der Waals surface area (Å²) in [7, 11) is 0. The number of carbonyl (C=O) groups excluding carboxylic acids is 1. The third-order valence-corrected chi connectivity index (χ3v) is 3.43. The summed E-state index contributed by atoms with van der Waals surface area (Å²) in [6.45, 7) is 4.17. The van der Waals surface area contributed by atoms with Crippen LogP contribution in [-0.2, 0) is 4.79 Å². The molecule has 0 radical (unpaired) electrons. The fourth-order valence-corrected chi connectivity index (χ4v) is 2.19. The molecule has 5 heteroatoms. The molecule has 2 amide bonds. The molecule has 1 aliphatic rings. The van der Waals surface area contributed by atoms with Gasteiger partial charge in [0.1, 0.15) is 6.54 Å². The van der Waals surface area contributed by atoms with Gasteiger partial charge in [-0.1, -0.05) is 17.7 Å². The van der Waals surface area contributed by atoms with Crippen molar-refractivity contribution >= 4 is 17.7 Å². The lowest BCUT2D eigenvalue weighted by Crippen LogP contribution is -2.46. The molecule has 1 aromatic carbocycles. The molecule has 0 heterocycles. The zero-order valence-corrected chi connectivity index (χ0v) is 11.9. The van der Waals surface area contributed by atoms with E-state index in [1.54, 1.807) is 4.90 Å². The number of anilines is 1. The normalized spacial score (nSPS) is 13.9. The lowest BCUT2D eigenvalue weighted by molar-refractivity contribution is -0.137. The van der Waals surface area contributed by atoms with Crippen LogP contribution >= 0.6 is 0 Å². The minimum atomic E-state index is -0.967. The lowest BCUT2D eigenvalue weighted by Gasteiger charge is -2.29. The zero-order chi connectivity index (χ0) is 14.7. The highest BCUT2D eigenvalue weighted by Gasteiger charge is 2.36. The molecule has 5 nitrogen and oxygen atoms in total. The molecule has 1 aliphatic carbocycles. The monoisotopic (exact) mass is 276 g/mol. The molecule has 0 spiro atoms. The van der Waals surface area contributed by atoms with Crippen LogP contribution in [0.4, 0.5) is 10.5 Å². The molecular weight excluding hydrogens is 256 g/mol. The second-order valence-electron chi connectivity index (χ2n) is 5.12. The van der Waals surface area contributed by atoms with Crippen LogP contribution in [0.5, 0.6) is 0 Å². The predicted molar refractivity (Wildman–Crippen MR) is 77.0 cm³/mol. The molecular formula is C15H20N2O3. The van der Waals surface area contributed by atoms with E-state index in [4.69, 9.17) is 5.11 Å². The van der Waals surface area contributed by atoms with Crippen molar-refractivity contribution in [2.75, 3.05) is 18.0 Å². The maximum Gasteiger partial charge on any atom is 0.325 e. The Morgan fingerprint density at radius 2 is 1.85 bits per heavy atom. The number of carbonyl (C=O) groups is 2. The lowest BCUT2D eigenvalue weighted by atomic mass is 10.2. The van der Waals surface area contributed by atoms with Gasteiger partial charge in [0.15, 0.2) is 0 Å². The molecule has 1 N–H and O–H groups in total. The number of nitrogens with zero attached hydrogens (tertiary/aromatic N) is 2. The fourth-order valence-electron chi connectivity index (χ4n) is 2.19. The van der Waals surface area contributed by atoms with Crippen LogP contribution in [0.2, 0.25) is 0 Å². The van der Waals surface area contributed by atoms with Gasteiger partial charge in [-0.25, -0.2) is 4.79 Å². The fraction of sp³-hybridized carbons (Fsp3) is 0.467. The third-order valence-electron chi connectivity index (χ3n) is 3.43. The van der Waals surface area contributed by atoms with Gasteiger partial charge in [-0.15, -0.1) is 0 Å². The molecule has 1 aromatic rings. The topological polar surface area (TPSA) is 60.9 Å². The third kappa shape index (κ3) is 3.29. The van der Waals surface area contributed by atoms with E-state index in [1.807, 2.05) is 38.1 Å². The largest absolute Gasteiger partial charge is 0.480 e. The molecule has 1 saturated carbocycles. The Morgan fingerprint density at radius 3 is 2.30 bits per heavy atom. The number of aryl methyl sites for hydroxylation is 1. The smallest absolute Gasteiger partial charge is 0.325 e. The van der Waals surface area contributed by atoms with Crippen LogP contribution in [0.25, 0.3) is 0 Å².